The Kier molecular flexibility index (Phi) is 7.75. The first-order chi connectivity index (χ1) is 8.99. The maximum atomic E-state index is 11.4. The van der Waals surface area contributed by atoms with Gasteiger partial charge in [0.15, 0.2) is 0 Å². The maximum absolute atomic E-state index is 11.4. The molecular formula is C14H28N2O4. The quantitative estimate of drug-likeness (QED) is 0.548. The van der Waals surface area contributed by atoms with Gasteiger partial charge in [0.25, 0.3) is 0 Å². The van der Waals surface area contributed by atoms with Gasteiger partial charge in [-0.1, -0.05) is 20.8 Å². The van der Waals surface area contributed by atoms with Crippen molar-refractivity contribution in [3.63, 3.8) is 0 Å². The Bertz CT molecular complexity index is 316. The smallest absolute Gasteiger partial charge is 0.246 e. The zero-order valence-electron chi connectivity index (χ0n) is 13.5. The normalized spacial score (nSPS) is 12.1. The molecule has 0 bridgehead atoms. The van der Waals surface area contributed by atoms with Crippen LogP contribution in [-0.2, 0) is 19.2 Å². The van der Waals surface area contributed by atoms with Gasteiger partial charge < -0.3 is 10.1 Å². The molecule has 0 aliphatic heterocycles. The summed E-state index contributed by atoms with van der Waals surface area (Å²) in [6.45, 7) is 12.1. The summed E-state index contributed by atoms with van der Waals surface area (Å²) in [7, 11) is 0. The zero-order chi connectivity index (χ0) is 15.8. The number of ether oxygens (including phenoxy) is 1. The predicted octanol–water partition coefficient (Wildman–Crippen LogP) is 1.40. The van der Waals surface area contributed by atoms with Crippen LogP contribution in [0.1, 0.15) is 48.0 Å². The molecule has 0 aromatic carbocycles. The molecule has 0 heterocycles. The number of nitrogens with one attached hydrogen (secondary N) is 2. The highest BCUT2D eigenvalue weighted by atomic mass is 16.6. The van der Waals surface area contributed by atoms with E-state index < -0.39 is 0 Å². The average molecular weight is 288 g/mol. The molecule has 0 saturated heterocycles. The first kappa shape index (κ1) is 18.9. The Hall–Kier alpha value is -1.14. The molecular weight excluding hydrogens is 260 g/mol. The number of hydroxylamine groups is 1. The number of carbonyl (C=O) groups is 2. The van der Waals surface area contributed by atoms with Crippen LogP contribution < -0.4 is 10.8 Å². The number of carbonyl (C=O) groups excluding carboxylic acids is 2. The van der Waals surface area contributed by atoms with Crippen molar-refractivity contribution in [3.8, 4) is 0 Å². The van der Waals surface area contributed by atoms with E-state index in [0.29, 0.717) is 13.0 Å². The predicted molar refractivity (Wildman–Crippen MR) is 76.9 cm³/mol. The monoisotopic (exact) mass is 288 g/mol. The lowest BCUT2D eigenvalue weighted by Crippen LogP contribution is -2.35. The van der Waals surface area contributed by atoms with Gasteiger partial charge in [0.2, 0.25) is 11.8 Å². The molecule has 0 aliphatic carbocycles. The van der Waals surface area contributed by atoms with Gasteiger partial charge in [0.05, 0.1) is 12.2 Å². The second-order valence-corrected chi connectivity index (χ2v) is 6.86. The molecule has 0 saturated carbocycles. The fraction of sp³-hybridized carbons (Fsp3) is 0.857. The summed E-state index contributed by atoms with van der Waals surface area (Å²) in [5.74, 6) is -0.371. The van der Waals surface area contributed by atoms with Gasteiger partial charge in [-0.25, -0.2) is 5.48 Å². The van der Waals surface area contributed by atoms with Crippen molar-refractivity contribution in [1.29, 1.82) is 0 Å². The molecule has 118 valence electrons. The van der Waals surface area contributed by atoms with Gasteiger partial charge in [-0.2, -0.15) is 0 Å². The van der Waals surface area contributed by atoms with Crippen molar-refractivity contribution in [2.75, 3.05) is 19.8 Å². The summed E-state index contributed by atoms with van der Waals surface area (Å²) in [6.07, 6.45) is 0.388. The van der Waals surface area contributed by atoms with Crippen LogP contribution in [0.15, 0.2) is 0 Å². The number of hydrogen-bond acceptors (Lipinski definition) is 4. The molecule has 0 radical (unpaired) electrons. The Labute approximate surface area is 121 Å². The van der Waals surface area contributed by atoms with Gasteiger partial charge in [-0.3, -0.25) is 14.4 Å². The van der Waals surface area contributed by atoms with Crippen molar-refractivity contribution in [2.24, 2.45) is 5.41 Å². The van der Waals surface area contributed by atoms with Crippen molar-refractivity contribution < 1.29 is 19.2 Å². The molecule has 0 atom stereocenters. The number of amides is 2. The summed E-state index contributed by atoms with van der Waals surface area (Å²) in [6, 6.07) is 0. The molecule has 0 aromatic rings. The molecule has 0 spiro atoms. The van der Waals surface area contributed by atoms with Crippen LogP contribution in [0.4, 0.5) is 0 Å². The third kappa shape index (κ3) is 13.3. The van der Waals surface area contributed by atoms with Crippen LogP contribution >= 0.6 is 0 Å². The minimum Gasteiger partial charge on any atom is -0.366 e. The van der Waals surface area contributed by atoms with Gasteiger partial charge in [-0.05, 0) is 26.2 Å². The van der Waals surface area contributed by atoms with Crippen LogP contribution in [0.25, 0.3) is 0 Å². The molecule has 6 heteroatoms. The molecule has 0 unspecified atom stereocenters. The Morgan fingerprint density at radius 2 is 1.60 bits per heavy atom. The number of hydrogen-bond donors (Lipinski definition) is 2. The van der Waals surface area contributed by atoms with Crippen LogP contribution in [-0.4, -0.2) is 37.2 Å². The molecule has 6 nitrogen and oxygen atoms in total. The summed E-state index contributed by atoms with van der Waals surface area (Å²) in [4.78, 5) is 27.8. The molecule has 20 heavy (non-hydrogen) atoms. The van der Waals surface area contributed by atoms with Gasteiger partial charge in [0.1, 0.15) is 6.61 Å². The van der Waals surface area contributed by atoms with Crippen LogP contribution in [0, 0.1) is 5.41 Å². The lowest BCUT2D eigenvalue weighted by Gasteiger charge is -2.19. The lowest BCUT2D eigenvalue weighted by atomic mass is 9.92. The van der Waals surface area contributed by atoms with E-state index in [-0.39, 0.29) is 36.0 Å². The lowest BCUT2D eigenvalue weighted by molar-refractivity contribution is -0.135. The Morgan fingerprint density at radius 3 is 2.10 bits per heavy atom. The topological polar surface area (TPSA) is 76.7 Å². The van der Waals surface area contributed by atoms with Gasteiger partial charge in [-0.15, -0.1) is 0 Å². The van der Waals surface area contributed by atoms with E-state index in [1.54, 1.807) is 0 Å². The second-order valence-electron chi connectivity index (χ2n) is 6.86. The molecule has 0 rings (SSSR count). The van der Waals surface area contributed by atoms with Gasteiger partial charge >= 0.3 is 0 Å². The zero-order valence-corrected chi connectivity index (χ0v) is 13.5. The van der Waals surface area contributed by atoms with E-state index in [1.165, 1.54) is 0 Å². The Balaban J connectivity index is 3.58. The van der Waals surface area contributed by atoms with Crippen LogP contribution in [0.3, 0.4) is 0 Å². The van der Waals surface area contributed by atoms with Crippen molar-refractivity contribution in [2.45, 2.75) is 53.6 Å². The Morgan fingerprint density at radius 1 is 1.00 bits per heavy atom. The highest BCUT2D eigenvalue weighted by Crippen LogP contribution is 2.17. The molecule has 0 aliphatic rings. The molecule has 2 amide bonds. The summed E-state index contributed by atoms with van der Waals surface area (Å²) in [5, 5.41) is 2.64. The highest BCUT2D eigenvalue weighted by molar-refractivity contribution is 5.77. The second kappa shape index (κ2) is 8.21. The van der Waals surface area contributed by atoms with E-state index in [2.05, 4.69) is 10.8 Å². The average Bonchev–Trinajstić information content (AvgIpc) is 2.22. The van der Waals surface area contributed by atoms with E-state index >= 15 is 0 Å². The fourth-order valence-electron chi connectivity index (χ4n) is 1.22. The van der Waals surface area contributed by atoms with E-state index in [0.717, 1.165) is 0 Å². The van der Waals surface area contributed by atoms with Crippen molar-refractivity contribution in [1.82, 2.24) is 10.8 Å². The summed E-state index contributed by atoms with van der Waals surface area (Å²) >= 11 is 0. The largest absolute Gasteiger partial charge is 0.366 e. The first-order valence-corrected chi connectivity index (χ1v) is 6.81. The molecule has 2 N–H and O–H groups in total. The van der Waals surface area contributed by atoms with Crippen molar-refractivity contribution >= 4 is 11.8 Å². The summed E-state index contributed by atoms with van der Waals surface area (Å²) in [5.41, 5.74) is 1.93. The SMILES string of the molecule is CC(C)(C)CC(=O)NOCCNC(=O)COC(C)(C)C. The van der Waals surface area contributed by atoms with E-state index in [1.807, 2.05) is 41.5 Å². The maximum Gasteiger partial charge on any atom is 0.246 e. The third-order valence-corrected chi connectivity index (χ3v) is 2.04. The van der Waals surface area contributed by atoms with Gasteiger partial charge in [0, 0.05) is 13.0 Å². The highest BCUT2D eigenvalue weighted by Gasteiger charge is 2.16. The minimum atomic E-state index is -0.339. The molecule has 0 aromatic heterocycles. The number of rotatable bonds is 7. The van der Waals surface area contributed by atoms with E-state index in [9.17, 15) is 9.59 Å². The minimum absolute atomic E-state index is 0.0138. The first-order valence-electron chi connectivity index (χ1n) is 6.81. The fourth-order valence-corrected chi connectivity index (χ4v) is 1.22. The third-order valence-electron chi connectivity index (χ3n) is 2.04. The van der Waals surface area contributed by atoms with E-state index in [4.69, 9.17) is 9.57 Å². The van der Waals surface area contributed by atoms with Crippen LogP contribution in [0.2, 0.25) is 0 Å². The standard InChI is InChI=1S/C14H28N2O4/c1-13(2,3)9-11(17)16-20-8-7-15-12(18)10-19-14(4,5)6/h7-10H2,1-6H3,(H,15,18)(H,16,17). The molecule has 0 fully saturated rings. The van der Waals surface area contributed by atoms with Crippen molar-refractivity contribution in [3.05, 3.63) is 0 Å². The summed E-state index contributed by atoms with van der Waals surface area (Å²) < 4.78 is 5.32. The van der Waals surface area contributed by atoms with Crippen LogP contribution in [0.5, 0.6) is 0 Å².